The molecular formula is C44H39N5O4. The molecule has 0 bridgehead atoms. The van der Waals surface area contributed by atoms with Crippen LogP contribution in [0.15, 0.2) is 142 Å². The van der Waals surface area contributed by atoms with Crippen molar-refractivity contribution in [1.29, 1.82) is 0 Å². The van der Waals surface area contributed by atoms with Gasteiger partial charge < -0.3 is 14.6 Å². The molecule has 0 fully saturated rings. The van der Waals surface area contributed by atoms with Crippen LogP contribution in [0.25, 0.3) is 27.5 Å². The number of carbonyl (C=O) groups excluding carboxylic acids is 1. The summed E-state index contributed by atoms with van der Waals surface area (Å²) in [4.78, 5) is 48.7. The van der Waals surface area contributed by atoms with Crippen molar-refractivity contribution in [3.63, 3.8) is 0 Å². The zero-order valence-electron chi connectivity index (χ0n) is 29.8. The molecule has 1 N–H and O–H groups in total. The van der Waals surface area contributed by atoms with E-state index >= 15 is 0 Å². The van der Waals surface area contributed by atoms with E-state index in [1.54, 1.807) is 37.3 Å². The maximum atomic E-state index is 14.5. The largest absolute Gasteiger partial charge is 0.494 e. The van der Waals surface area contributed by atoms with Crippen molar-refractivity contribution < 1.29 is 9.90 Å². The molecule has 3 heterocycles. The van der Waals surface area contributed by atoms with Crippen LogP contribution in [0.3, 0.4) is 0 Å². The molecule has 0 spiro atoms. The zero-order chi connectivity index (χ0) is 36.8. The number of fused-ring (bicyclic) bond motifs is 4. The summed E-state index contributed by atoms with van der Waals surface area (Å²) in [5.41, 5.74) is 5.16. The second-order valence-electron chi connectivity index (χ2n) is 13.7. The first-order chi connectivity index (χ1) is 25.7. The number of rotatable bonds is 8. The van der Waals surface area contributed by atoms with Crippen LogP contribution >= 0.6 is 0 Å². The Labute approximate surface area is 306 Å². The first kappa shape index (κ1) is 33.7. The lowest BCUT2D eigenvalue weighted by molar-refractivity contribution is 0.0614. The van der Waals surface area contributed by atoms with Gasteiger partial charge in [-0.3, -0.25) is 19.1 Å². The molecule has 0 aliphatic carbocycles. The zero-order valence-corrected chi connectivity index (χ0v) is 29.8. The van der Waals surface area contributed by atoms with Crippen LogP contribution in [-0.2, 0) is 20.5 Å². The minimum absolute atomic E-state index is 0.0436. The molecule has 1 aliphatic heterocycles. The summed E-state index contributed by atoms with van der Waals surface area (Å²) in [6.45, 7) is 2.38. The minimum atomic E-state index is -0.659. The van der Waals surface area contributed by atoms with Gasteiger partial charge in [-0.25, -0.2) is 9.36 Å². The van der Waals surface area contributed by atoms with Gasteiger partial charge in [-0.2, -0.15) is 0 Å². The molecule has 0 saturated carbocycles. The molecule has 0 saturated heterocycles. The van der Waals surface area contributed by atoms with E-state index in [0.717, 1.165) is 47.6 Å². The summed E-state index contributed by atoms with van der Waals surface area (Å²) < 4.78 is 4.30. The number of amides is 1. The molecule has 8 rings (SSSR count). The third-order valence-corrected chi connectivity index (χ3v) is 10.7. The van der Waals surface area contributed by atoms with E-state index in [-0.39, 0.29) is 23.9 Å². The Morgan fingerprint density at radius 3 is 2.17 bits per heavy atom. The molecule has 9 heteroatoms. The highest BCUT2D eigenvalue weighted by atomic mass is 16.3. The molecular weight excluding hydrogens is 663 g/mol. The van der Waals surface area contributed by atoms with E-state index in [0.29, 0.717) is 29.9 Å². The topological polar surface area (TPSA) is 102 Å². The Morgan fingerprint density at radius 2 is 1.40 bits per heavy atom. The number of hydrogen-bond donors (Lipinski definition) is 1. The minimum Gasteiger partial charge on any atom is -0.494 e. The van der Waals surface area contributed by atoms with E-state index in [9.17, 15) is 19.5 Å². The number of aryl methyl sites for hydroxylation is 1. The quantitative estimate of drug-likeness (QED) is 0.174. The molecule has 5 aromatic carbocycles. The standard InChI is InChI=1S/C44H39N5O4/c1-28(39-42(51)47(3)44(53)49(43(39)52)31-16-8-5-9-17-31)45-27-36-32-18-10-11-20-34(32)41(50)48(25-24-29-14-6-4-7-15-29)40(36)30-22-23-38-35(26-30)33-19-12-13-21-37(33)46(38)2/h4-23,26,36,40,51H,24-25,27H2,1-3H3/t36-,40+/m1/s1. The normalized spacial score (nSPS) is 16.0. The Kier molecular flexibility index (Phi) is 8.62. The van der Waals surface area contributed by atoms with Crippen LogP contribution in [0.4, 0.5) is 0 Å². The molecule has 0 radical (unpaired) electrons. The van der Waals surface area contributed by atoms with Crippen LogP contribution in [0.5, 0.6) is 5.88 Å². The highest BCUT2D eigenvalue weighted by molar-refractivity contribution is 6.08. The van der Waals surface area contributed by atoms with Crippen LogP contribution < -0.4 is 11.2 Å². The van der Waals surface area contributed by atoms with E-state index < -0.39 is 23.2 Å². The average Bonchev–Trinajstić information content (AvgIpc) is 3.47. The first-order valence-electron chi connectivity index (χ1n) is 17.8. The lowest BCUT2D eigenvalue weighted by Crippen LogP contribution is -2.44. The Morgan fingerprint density at radius 1 is 0.736 bits per heavy atom. The number of nitrogens with zero attached hydrogens (tertiary/aromatic N) is 5. The number of aromatic nitrogens is 3. The Hall–Kier alpha value is -6.48. The second-order valence-corrected chi connectivity index (χ2v) is 13.7. The molecule has 1 aliphatic rings. The van der Waals surface area contributed by atoms with Crippen molar-refractivity contribution in [3.05, 3.63) is 176 Å². The number of hydrogen-bond acceptors (Lipinski definition) is 5. The van der Waals surface area contributed by atoms with Gasteiger partial charge in [0.1, 0.15) is 5.56 Å². The van der Waals surface area contributed by atoms with Gasteiger partial charge >= 0.3 is 5.69 Å². The molecule has 53 heavy (non-hydrogen) atoms. The van der Waals surface area contributed by atoms with Crippen molar-refractivity contribution in [2.75, 3.05) is 13.1 Å². The molecule has 264 valence electrons. The smallest absolute Gasteiger partial charge is 0.338 e. The third-order valence-electron chi connectivity index (χ3n) is 10.7. The fraction of sp³-hybridized carbons (Fsp3) is 0.182. The van der Waals surface area contributed by atoms with Gasteiger partial charge in [-0.1, -0.05) is 91.0 Å². The number of aliphatic imine (C=N–C) groups is 1. The second kappa shape index (κ2) is 13.6. The van der Waals surface area contributed by atoms with Crippen molar-refractivity contribution in [1.82, 2.24) is 18.6 Å². The molecule has 7 aromatic rings. The molecule has 9 nitrogen and oxygen atoms in total. The summed E-state index contributed by atoms with van der Waals surface area (Å²) in [6, 6.07) is 40.9. The van der Waals surface area contributed by atoms with Gasteiger partial charge in [0.25, 0.3) is 11.5 Å². The lowest BCUT2D eigenvalue weighted by Gasteiger charge is -2.42. The average molecular weight is 702 g/mol. The number of para-hydroxylation sites is 2. The van der Waals surface area contributed by atoms with Gasteiger partial charge in [0.15, 0.2) is 0 Å². The maximum Gasteiger partial charge on any atom is 0.338 e. The highest BCUT2D eigenvalue weighted by Gasteiger charge is 2.40. The van der Waals surface area contributed by atoms with Crippen LogP contribution in [0.1, 0.15) is 51.5 Å². The summed E-state index contributed by atoms with van der Waals surface area (Å²) >= 11 is 0. The van der Waals surface area contributed by atoms with Crippen molar-refractivity contribution in [2.45, 2.75) is 25.3 Å². The van der Waals surface area contributed by atoms with Gasteiger partial charge in [0, 0.05) is 66.2 Å². The van der Waals surface area contributed by atoms with Crippen molar-refractivity contribution >= 4 is 33.4 Å². The van der Waals surface area contributed by atoms with Crippen molar-refractivity contribution in [2.24, 2.45) is 19.1 Å². The molecule has 2 aromatic heterocycles. The van der Waals surface area contributed by atoms with Crippen LogP contribution in [-0.4, -0.2) is 48.4 Å². The summed E-state index contributed by atoms with van der Waals surface area (Å²) in [5.74, 6) is -0.791. The van der Waals surface area contributed by atoms with E-state index in [1.807, 2.05) is 59.5 Å². The van der Waals surface area contributed by atoms with Gasteiger partial charge in [-0.05, 0) is 66.4 Å². The van der Waals surface area contributed by atoms with Gasteiger partial charge in [0.2, 0.25) is 5.88 Å². The fourth-order valence-electron chi connectivity index (χ4n) is 7.94. The summed E-state index contributed by atoms with van der Waals surface area (Å²) in [5, 5.41) is 13.4. The summed E-state index contributed by atoms with van der Waals surface area (Å²) in [6.07, 6.45) is 0.668. The van der Waals surface area contributed by atoms with Crippen LogP contribution in [0.2, 0.25) is 0 Å². The summed E-state index contributed by atoms with van der Waals surface area (Å²) in [7, 11) is 3.50. The molecule has 2 atom stereocenters. The monoisotopic (exact) mass is 701 g/mol. The third kappa shape index (κ3) is 5.74. The van der Waals surface area contributed by atoms with Crippen LogP contribution in [0, 0.1) is 0 Å². The predicted octanol–water partition coefficient (Wildman–Crippen LogP) is 6.92. The number of benzene rings is 5. The predicted molar refractivity (Wildman–Crippen MR) is 210 cm³/mol. The Balaban J connectivity index is 1.28. The number of aromatic hydroxyl groups is 1. The van der Waals surface area contributed by atoms with E-state index in [1.165, 1.54) is 7.05 Å². The van der Waals surface area contributed by atoms with E-state index in [2.05, 4.69) is 54.1 Å². The highest BCUT2D eigenvalue weighted by Crippen LogP contribution is 2.44. The molecule has 0 unspecified atom stereocenters. The fourth-order valence-corrected chi connectivity index (χ4v) is 7.94. The first-order valence-corrected chi connectivity index (χ1v) is 17.8. The van der Waals surface area contributed by atoms with E-state index in [4.69, 9.17) is 4.99 Å². The van der Waals surface area contributed by atoms with Crippen molar-refractivity contribution in [3.8, 4) is 11.6 Å². The van der Waals surface area contributed by atoms with Gasteiger partial charge in [-0.15, -0.1) is 0 Å². The lowest BCUT2D eigenvalue weighted by atomic mass is 9.79. The maximum absolute atomic E-state index is 14.5. The Bertz CT molecular complexity index is 2670. The molecule has 1 amide bonds. The number of carbonyl (C=O) groups is 1. The SMILES string of the molecule is CC(=NC[C@@H]1c2ccccc2C(=O)N(CCc2ccccc2)[C@H]1c1ccc2c(c1)c1ccccc1n2C)c1c(O)n(C)c(=O)n(-c2ccccc2)c1=O. The van der Waals surface area contributed by atoms with Gasteiger partial charge in [0.05, 0.1) is 11.7 Å².